The molecule has 99 heavy (non-hydrogen) atoms. The molecule has 1 spiro atoms. The highest BCUT2D eigenvalue weighted by molar-refractivity contribution is 5.77. The van der Waals surface area contributed by atoms with Gasteiger partial charge in [0.1, 0.15) is 159 Å². The monoisotopic (exact) mass is 1440 g/mol. The molecule has 41 atom stereocenters. The van der Waals surface area contributed by atoms with Crippen LogP contribution < -0.4 is 0 Å². The van der Waals surface area contributed by atoms with E-state index < -0.39 is 288 Å². The Labute approximate surface area is 566 Å². The fourth-order valence-corrected chi connectivity index (χ4v) is 17.9. The highest BCUT2D eigenvalue weighted by Gasteiger charge is 2.70. The van der Waals surface area contributed by atoms with E-state index in [0.717, 1.165) is 0 Å². The number of aliphatic hydroxyl groups is 22. The molecule has 4 saturated carbocycles. The first kappa shape index (κ1) is 77.9. The maximum atomic E-state index is 15.7. The first-order valence-electron chi connectivity index (χ1n) is 33.8. The lowest BCUT2D eigenvalue weighted by atomic mass is 9.41. The number of carbonyl (C=O) groups excluding carboxylic acids is 1. The second kappa shape index (κ2) is 30.6. The largest absolute Gasteiger partial charge is 0.432 e. The SMILES string of the molecule is C=C1CC23CCC4C(C)(C(=O)OC5OC(CO)[C@H](O)C(OC6OC(CO)C(O)C(O)C6O)C5OC5OC(C)C(O)C(OC6OC(CO)C(O)C(O)C6O)C5O)CCCC4(C)C2CCC1(OC1OC(CO)C(O)C(OC2OC(CO)[C@@H](O)C(O)C2O)C1OC1OC(CO)C(O)C(O)C1O)C3. The summed E-state index contributed by atoms with van der Waals surface area (Å²) >= 11 is 0. The maximum Gasteiger partial charge on any atom is 0.314 e. The zero-order chi connectivity index (χ0) is 72.0. The van der Waals surface area contributed by atoms with Gasteiger partial charge in [-0.25, -0.2) is 0 Å². The summed E-state index contributed by atoms with van der Waals surface area (Å²) in [6.07, 6.45) is -61.9. The molecule has 0 radical (unpaired) electrons. The smallest absolute Gasteiger partial charge is 0.314 e. The molecule has 11 aliphatic rings. The number of hydrogen-bond acceptors (Lipinski definition) is 37. The molecule has 4 aliphatic carbocycles. The van der Waals surface area contributed by atoms with Crippen LogP contribution in [0.1, 0.15) is 78.6 Å². The number of ether oxygens (including phenoxy) is 14. The van der Waals surface area contributed by atoms with Gasteiger partial charge in [0.2, 0.25) is 6.29 Å². The van der Waals surface area contributed by atoms with E-state index in [1.807, 2.05) is 0 Å². The summed E-state index contributed by atoms with van der Waals surface area (Å²) in [5.74, 6) is -1.55. The first-order valence-corrected chi connectivity index (χ1v) is 33.8. The van der Waals surface area contributed by atoms with Crippen molar-refractivity contribution in [1.82, 2.24) is 0 Å². The van der Waals surface area contributed by atoms with Crippen LogP contribution in [0.25, 0.3) is 0 Å². The lowest BCUT2D eigenvalue weighted by molar-refractivity contribution is -0.400. The van der Waals surface area contributed by atoms with E-state index in [2.05, 4.69) is 13.5 Å². The summed E-state index contributed by atoms with van der Waals surface area (Å²) in [6, 6.07) is 0. The van der Waals surface area contributed by atoms with Crippen molar-refractivity contribution in [2.75, 3.05) is 39.6 Å². The van der Waals surface area contributed by atoms with Gasteiger partial charge < -0.3 is 179 Å². The third-order valence-corrected chi connectivity index (χ3v) is 23.4. The molecule has 11 rings (SSSR count). The first-order chi connectivity index (χ1) is 46.8. The Morgan fingerprint density at radius 3 is 1.20 bits per heavy atom. The fourth-order valence-electron chi connectivity index (χ4n) is 17.9. The van der Waals surface area contributed by atoms with Crippen LogP contribution in [-0.2, 0) is 71.1 Å². The number of fused-ring (bicyclic) bond motifs is 3. The molecule has 7 saturated heterocycles. The number of rotatable bonds is 20. The van der Waals surface area contributed by atoms with E-state index in [9.17, 15) is 112 Å². The van der Waals surface area contributed by atoms with Gasteiger partial charge >= 0.3 is 5.97 Å². The molecule has 0 aromatic heterocycles. The Morgan fingerprint density at radius 2 is 0.768 bits per heavy atom. The highest BCUT2D eigenvalue weighted by Crippen LogP contribution is 2.74. The Morgan fingerprint density at radius 1 is 0.404 bits per heavy atom. The van der Waals surface area contributed by atoms with Gasteiger partial charge in [-0.2, -0.15) is 0 Å². The van der Waals surface area contributed by atoms with E-state index >= 15 is 4.79 Å². The van der Waals surface area contributed by atoms with Gasteiger partial charge in [-0.3, -0.25) is 4.79 Å². The maximum absolute atomic E-state index is 15.7. The van der Waals surface area contributed by atoms with Crippen LogP contribution in [0, 0.1) is 28.1 Å². The number of esters is 1. The molecule has 0 aromatic carbocycles. The summed E-state index contributed by atoms with van der Waals surface area (Å²) in [4.78, 5) is 15.7. The minimum Gasteiger partial charge on any atom is -0.432 e. The third-order valence-electron chi connectivity index (χ3n) is 23.4. The Balaban J connectivity index is 0.867. The lowest BCUT2D eigenvalue weighted by Gasteiger charge is -2.64. The molecule has 0 amide bonds. The van der Waals surface area contributed by atoms with Crippen molar-refractivity contribution in [2.45, 2.75) is 299 Å². The van der Waals surface area contributed by atoms with Gasteiger partial charge in [0.25, 0.3) is 0 Å². The van der Waals surface area contributed by atoms with Crippen molar-refractivity contribution in [3.63, 3.8) is 0 Å². The average Bonchev–Trinajstić information content (AvgIpc) is 1.59. The Hall–Kier alpha value is -2.19. The van der Waals surface area contributed by atoms with Crippen LogP contribution >= 0.6 is 0 Å². The predicted molar refractivity (Wildman–Crippen MR) is 316 cm³/mol. The van der Waals surface area contributed by atoms with Crippen molar-refractivity contribution < 1.29 is 183 Å². The fraction of sp³-hybridized carbons (Fsp3) is 0.952. The van der Waals surface area contributed by atoms with Crippen LogP contribution in [0.5, 0.6) is 0 Å². The molecule has 39 unspecified atom stereocenters. The van der Waals surface area contributed by atoms with Crippen LogP contribution in [-0.4, -0.2) is 378 Å². The molecule has 0 aromatic rings. The van der Waals surface area contributed by atoms with E-state index in [1.165, 1.54) is 6.92 Å². The summed E-state index contributed by atoms with van der Waals surface area (Å²) in [5.41, 5.74) is -3.42. The van der Waals surface area contributed by atoms with E-state index in [4.69, 9.17) is 66.3 Å². The molecular formula is C62H100O37. The van der Waals surface area contributed by atoms with Gasteiger partial charge in [0.05, 0.1) is 56.8 Å². The lowest BCUT2D eigenvalue weighted by Crippen LogP contribution is -2.68. The molecule has 570 valence electrons. The van der Waals surface area contributed by atoms with Gasteiger partial charge in [-0.1, -0.05) is 19.9 Å². The van der Waals surface area contributed by atoms with Crippen LogP contribution in [0.2, 0.25) is 0 Å². The Bertz CT molecular complexity index is 2700. The molecule has 2 bridgehead atoms. The minimum atomic E-state index is -2.15. The van der Waals surface area contributed by atoms with Crippen molar-refractivity contribution >= 4 is 5.97 Å². The number of hydrogen-bond donors (Lipinski definition) is 22. The summed E-state index contributed by atoms with van der Waals surface area (Å²) in [5, 5.41) is 239. The third kappa shape index (κ3) is 14.0. The normalized spacial score (nSPS) is 54.9. The van der Waals surface area contributed by atoms with Gasteiger partial charge in [0.15, 0.2) is 43.8 Å². The van der Waals surface area contributed by atoms with E-state index in [0.29, 0.717) is 44.1 Å². The summed E-state index contributed by atoms with van der Waals surface area (Å²) in [7, 11) is 0. The van der Waals surface area contributed by atoms with Crippen molar-refractivity contribution in [3.05, 3.63) is 12.2 Å². The summed E-state index contributed by atoms with van der Waals surface area (Å²) in [6.45, 7) is 4.24. The molecule has 22 N–H and O–H groups in total. The highest BCUT2D eigenvalue weighted by atomic mass is 16.8. The van der Waals surface area contributed by atoms with Crippen LogP contribution in [0.15, 0.2) is 12.2 Å². The zero-order valence-corrected chi connectivity index (χ0v) is 54.6. The molecular weight excluding hydrogens is 1340 g/mol. The zero-order valence-electron chi connectivity index (χ0n) is 54.6. The molecule has 37 nitrogen and oxygen atoms in total. The predicted octanol–water partition coefficient (Wildman–Crippen LogP) is -10.6. The average molecular weight is 1440 g/mol. The standard InChI is InChI=1S/C62H100O37/c1-20-12-61-10-6-28-59(3,29(61)7-11-62(20,19-61)99-57-50(97-54-44(83)40(79)34(73)25(16-66)90-54)48(36(75)27(18-68)92-57)95-53-43(82)39(78)33(72)24(15-65)89-53)8-5-9-60(28,4)58(85)98-56-49(47(35(74)26(17-67)91-56)94-52-42(81)38(77)32(71)23(14-64)88-52)96-55-45(84)46(30(69)21(2)86-55)93-51-41(80)37(76)31(70)22(13-63)87-51/h21-57,63-84H,1,5-19H2,2-4H3/t21?,22?,23?,24?,25?,26?,27?,28?,29?,30?,31?,32?,33-,34?,35+,36?,37?,38?,39?,40?,41?,42?,43?,44?,45?,46?,47?,48?,49?,50?,51?,52?,53?,54?,55?,56?,57?,59?,60?,61?,62?/m1/s1. The quantitative estimate of drug-likeness (QED) is 0.0306. The number of aliphatic hydroxyl groups excluding tert-OH is 22. The molecule has 7 heterocycles. The second-order valence-corrected chi connectivity index (χ2v) is 29.2. The van der Waals surface area contributed by atoms with Crippen LogP contribution in [0.3, 0.4) is 0 Å². The minimum absolute atomic E-state index is 0.192. The van der Waals surface area contributed by atoms with Gasteiger partial charge in [0, 0.05) is 0 Å². The topological polar surface area (TPSA) is 591 Å². The van der Waals surface area contributed by atoms with Crippen molar-refractivity contribution in [2.24, 2.45) is 28.1 Å². The second-order valence-electron chi connectivity index (χ2n) is 29.2. The van der Waals surface area contributed by atoms with Crippen molar-refractivity contribution in [1.29, 1.82) is 0 Å². The Kier molecular flexibility index (Phi) is 24.1. The molecule has 37 heteroatoms. The van der Waals surface area contributed by atoms with Gasteiger partial charge in [-0.15, -0.1) is 0 Å². The van der Waals surface area contributed by atoms with Crippen LogP contribution in [0.4, 0.5) is 0 Å². The van der Waals surface area contributed by atoms with E-state index in [-0.39, 0.29) is 25.2 Å². The molecule has 11 fully saturated rings. The number of carbonyl (C=O) groups is 1. The van der Waals surface area contributed by atoms with Crippen molar-refractivity contribution in [3.8, 4) is 0 Å². The summed E-state index contributed by atoms with van der Waals surface area (Å²) < 4.78 is 85.3. The van der Waals surface area contributed by atoms with E-state index in [1.54, 1.807) is 6.92 Å². The van der Waals surface area contributed by atoms with Gasteiger partial charge in [-0.05, 0) is 93.5 Å². The molecule has 7 aliphatic heterocycles.